The van der Waals surface area contributed by atoms with E-state index >= 15 is 0 Å². The van der Waals surface area contributed by atoms with Crippen LogP contribution in [0.2, 0.25) is 0 Å². The molecule has 20 heavy (non-hydrogen) atoms. The van der Waals surface area contributed by atoms with Gasteiger partial charge in [0.25, 0.3) is 0 Å². The molecule has 2 heterocycles. The van der Waals surface area contributed by atoms with E-state index in [2.05, 4.69) is 21.4 Å². The molecule has 1 N–H and O–H groups in total. The third kappa shape index (κ3) is 4.32. The van der Waals surface area contributed by atoms with Gasteiger partial charge in [0.15, 0.2) is 0 Å². The second-order valence-corrected chi connectivity index (χ2v) is 6.14. The highest BCUT2D eigenvalue weighted by atomic mass is 16.3. The summed E-state index contributed by atoms with van der Waals surface area (Å²) in [6.07, 6.45) is 10.9. The molecule has 2 atom stereocenters. The fourth-order valence-electron chi connectivity index (χ4n) is 3.24. The standard InChI is InChI=1S/C16H29N3O/c1-3-8-19-13-17-11-16(19)12-18-9-6-4-5-7-15(18)10-14(2)20/h11,13-15,20H,3-10,12H2,1-2H3. The minimum atomic E-state index is -0.207. The lowest BCUT2D eigenvalue weighted by Crippen LogP contribution is -2.37. The summed E-state index contributed by atoms with van der Waals surface area (Å²) in [7, 11) is 0. The summed E-state index contributed by atoms with van der Waals surface area (Å²) in [6.45, 7) is 7.27. The zero-order chi connectivity index (χ0) is 14.4. The normalized spacial score (nSPS) is 22.6. The first-order chi connectivity index (χ1) is 9.70. The minimum Gasteiger partial charge on any atom is -0.393 e. The minimum absolute atomic E-state index is 0.207. The van der Waals surface area contributed by atoms with Gasteiger partial charge in [-0.15, -0.1) is 0 Å². The molecule has 4 nitrogen and oxygen atoms in total. The number of hydrogen-bond acceptors (Lipinski definition) is 3. The van der Waals surface area contributed by atoms with Crippen LogP contribution < -0.4 is 0 Å². The fourth-order valence-corrected chi connectivity index (χ4v) is 3.24. The predicted molar refractivity (Wildman–Crippen MR) is 81.5 cm³/mol. The van der Waals surface area contributed by atoms with Crippen molar-refractivity contribution in [3.63, 3.8) is 0 Å². The molecule has 0 aliphatic carbocycles. The second kappa shape index (κ2) is 7.79. The quantitative estimate of drug-likeness (QED) is 0.870. The molecule has 1 aromatic heterocycles. The van der Waals surface area contributed by atoms with Gasteiger partial charge in [-0.3, -0.25) is 4.90 Å². The van der Waals surface area contributed by atoms with Crippen molar-refractivity contribution in [1.29, 1.82) is 0 Å². The maximum absolute atomic E-state index is 9.73. The Morgan fingerprint density at radius 1 is 1.40 bits per heavy atom. The number of imidazole rings is 1. The number of aliphatic hydroxyl groups is 1. The summed E-state index contributed by atoms with van der Waals surface area (Å²) in [5, 5.41) is 9.73. The third-order valence-corrected chi connectivity index (χ3v) is 4.24. The molecule has 1 fully saturated rings. The Hall–Kier alpha value is -0.870. The number of rotatable bonds is 6. The van der Waals surface area contributed by atoms with Crippen molar-refractivity contribution >= 4 is 0 Å². The Bertz CT molecular complexity index is 389. The van der Waals surface area contributed by atoms with Crippen LogP contribution in [0.1, 0.15) is 58.1 Å². The van der Waals surface area contributed by atoms with Crippen LogP contribution in [0.25, 0.3) is 0 Å². The number of nitrogens with zero attached hydrogens (tertiary/aromatic N) is 3. The van der Waals surface area contributed by atoms with Gasteiger partial charge in [0.1, 0.15) is 0 Å². The monoisotopic (exact) mass is 279 g/mol. The predicted octanol–water partition coefficient (Wildman–Crippen LogP) is 2.81. The molecule has 0 radical (unpaired) electrons. The summed E-state index contributed by atoms with van der Waals surface area (Å²) < 4.78 is 2.27. The van der Waals surface area contributed by atoms with Gasteiger partial charge < -0.3 is 9.67 Å². The summed E-state index contributed by atoms with van der Waals surface area (Å²) in [4.78, 5) is 6.86. The maximum atomic E-state index is 9.73. The van der Waals surface area contributed by atoms with Crippen molar-refractivity contribution in [2.75, 3.05) is 6.54 Å². The molecular weight excluding hydrogens is 250 g/mol. The average Bonchev–Trinajstić information content (AvgIpc) is 2.71. The maximum Gasteiger partial charge on any atom is 0.0948 e. The van der Waals surface area contributed by atoms with Crippen molar-refractivity contribution in [2.24, 2.45) is 0 Å². The molecule has 0 spiro atoms. The van der Waals surface area contributed by atoms with Crippen LogP contribution in [0, 0.1) is 0 Å². The molecule has 0 bridgehead atoms. The molecular formula is C16H29N3O. The van der Waals surface area contributed by atoms with E-state index in [0.717, 1.165) is 32.5 Å². The van der Waals surface area contributed by atoms with Crippen molar-refractivity contribution in [3.05, 3.63) is 18.2 Å². The molecule has 1 aliphatic heterocycles. The van der Waals surface area contributed by atoms with Crippen molar-refractivity contribution in [2.45, 2.75) is 77.6 Å². The number of aromatic nitrogens is 2. The van der Waals surface area contributed by atoms with Crippen LogP contribution >= 0.6 is 0 Å². The molecule has 0 saturated carbocycles. The molecule has 2 unspecified atom stereocenters. The van der Waals surface area contributed by atoms with Gasteiger partial charge in [-0.25, -0.2) is 4.98 Å². The van der Waals surface area contributed by atoms with Gasteiger partial charge in [0.2, 0.25) is 0 Å². The van der Waals surface area contributed by atoms with Gasteiger partial charge in [-0.1, -0.05) is 19.8 Å². The molecule has 0 aromatic carbocycles. The second-order valence-electron chi connectivity index (χ2n) is 6.14. The largest absolute Gasteiger partial charge is 0.393 e. The molecule has 2 rings (SSSR count). The van der Waals surface area contributed by atoms with Crippen molar-refractivity contribution < 1.29 is 5.11 Å². The summed E-state index contributed by atoms with van der Waals surface area (Å²) in [6, 6.07) is 0.516. The van der Waals surface area contributed by atoms with Crippen LogP contribution in [0.15, 0.2) is 12.5 Å². The van der Waals surface area contributed by atoms with Crippen molar-refractivity contribution in [3.8, 4) is 0 Å². The Morgan fingerprint density at radius 2 is 2.25 bits per heavy atom. The van der Waals surface area contributed by atoms with E-state index in [4.69, 9.17) is 0 Å². The zero-order valence-electron chi connectivity index (χ0n) is 13.0. The molecule has 1 saturated heterocycles. The lowest BCUT2D eigenvalue weighted by atomic mass is 10.0. The highest BCUT2D eigenvalue weighted by Crippen LogP contribution is 2.22. The van der Waals surface area contributed by atoms with Crippen molar-refractivity contribution in [1.82, 2.24) is 14.5 Å². The Balaban J connectivity index is 2.04. The third-order valence-electron chi connectivity index (χ3n) is 4.24. The summed E-state index contributed by atoms with van der Waals surface area (Å²) in [5.74, 6) is 0. The van der Waals surface area contributed by atoms with E-state index in [1.807, 2.05) is 19.4 Å². The van der Waals surface area contributed by atoms with Crippen LogP contribution in [-0.2, 0) is 13.1 Å². The number of aryl methyl sites for hydroxylation is 1. The van der Waals surface area contributed by atoms with E-state index in [1.165, 1.54) is 31.4 Å². The van der Waals surface area contributed by atoms with E-state index < -0.39 is 0 Å². The van der Waals surface area contributed by atoms with E-state index in [1.54, 1.807) is 0 Å². The van der Waals surface area contributed by atoms with Crippen LogP contribution in [0.4, 0.5) is 0 Å². The van der Waals surface area contributed by atoms with Gasteiger partial charge in [-0.2, -0.15) is 0 Å². The lowest BCUT2D eigenvalue weighted by molar-refractivity contribution is 0.106. The molecule has 4 heteroatoms. The zero-order valence-corrected chi connectivity index (χ0v) is 13.0. The van der Waals surface area contributed by atoms with Gasteiger partial charge >= 0.3 is 0 Å². The first-order valence-corrected chi connectivity index (χ1v) is 8.11. The van der Waals surface area contributed by atoms with Gasteiger partial charge in [0, 0.05) is 25.3 Å². The summed E-state index contributed by atoms with van der Waals surface area (Å²) >= 11 is 0. The fraction of sp³-hybridized carbons (Fsp3) is 0.812. The Labute approximate surface area is 122 Å². The highest BCUT2D eigenvalue weighted by molar-refractivity contribution is 4.99. The van der Waals surface area contributed by atoms with Gasteiger partial charge in [0.05, 0.1) is 18.1 Å². The highest BCUT2D eigenvalue weighted by Gasteiger charge is 2.23. The van der Waals surface area contributed by atoms with E-state index in [-0.39, 0.29) is 6.10 Å². The molecule has 114 valence electrons. The first-order valence-electron chi connectivity index (χ1n) is 8.11. The number of hydrogen-bond donors (Lipinski definition) is 1. The van der Waals surface area contributed by atoms with Gasteiger partial charge in [-0.05, 0) is 39.2 Å². The van der Waals surface area contributed by atoms with Crippen LogP contribution in [-0.4, -0.2) is 38.2 Å². The SMILES string of the molecule is CCCn1cncc1CN1CCCCCC1CC(C)O. The molecule has 0 amide bonds. The van der Waals surface area contributed by atoms with E-state index in [9.17, 15) is 5.11 Å². The van der Waals surface area contributed by atoms with Crippen LogP contribution in [0.3, 0.4) is 0 Å². The Morgan fingerprint density at radius 3 is 3.00 bits per heavy atom. The molecule has 1 aromatic rings. The average molecular weight is 279 g/mol. The number of likely N-dealkylation sites (tertiary alicyclic amines) is 1. The summed E-state index contributed by atoms with van der Waals surface area (Å²) in [5.41, 5.74) is 1.31. The number of aliphatic hydroxyl groups excluding tert-OH is 1. The Kier molecular flexibility index (Phi) is 6.05. The topological polar surface area (TPSA) is 41.3 Å². The smallest absolute Gasteiger partial charge is 0.0948 e. The van der Waals surface area contributed by atoms with E-state index in [0.29, 0.717) is 6.04 Å². The lowest BCUT2D eigenvalue weighted by Gasteiger charge is -2.31. The molecule has 1 aliphatic rings. The first kappa shape index (κ1) is 15.5. The van der Waals surface area contributed by atoms with Crippen LogP contribution in [0.5, 0.6) is 0 Å².